The molecule has 2 fully saturated rings. The zero-order chi connectivity index (χ0) is 17.8. The van der Waals surface area contributed by atoms with Gasteiger partial charge in [-0.2, -0.15) is 5.10 Å². The van der Waals surface area contributed by atoms with Crippen LogP contribution >= 0.6 is 0 Å². The minimum absolute atomic E-state index is 0.0288. The highest BCUT2D eigenvalue weighted by molar-refractivity contribution is 5.84. The van der Waals surface area contributed by atoms with E-state index in [9.17, 15) is 4.79 Å². The maximum absolute atomic E-state index is 13.2. The van der Waals surface area contributed by atoms with Gasteiger partial charge in [-0.3, -0.25) is 9.48 Å². The van der Waals surface area contributed by atoms with Crippen LogP contribution in [-0.2, 0) is 16.9 Å². The van der Waals surface area contributed by atoms with E-state index in [2.05, 4.69) is 15.7 Å². The molecule has 0 unspecified atom stereocenters. The molecule has 1 saturated heterocycles. The topological polar surface area (TPSA) is 68.2 Å². The van der Waals surface area contributed by atoms with Crippen LogP contribution in [0.3, 0.4) is 0 Å². The van der Waals surface area contributed by atoms with Crippen LogP contribution in [0.15, 0.2) is 42.7 Å². The van der Waals surface area contributed by atoms with Crippen molar-refractivity contribution in [2.75, 3.05) is 13.1 Å². The number of para-hydroxylation sites is 1. The second-order valence-corrected chi connectivity index (χ2v) is 7.19. The fourth-order valence-corrected chi connectivity index (χ4v) is 3.70. The molecule has 0 radical (unpaired) electrons. The summed E-state index contributed by atoms with van der Waals surface area (Å²) >= 11 is 0. The number of nitrogens with zero attached hydrogens (tertiary/aromatic N) is 2. The van der Waals surface area contributed by atoms with Crippen molar-refractivity contribution in [2.24, 2.45) is 0 Å². The molecule has 2 heterocycles. The highest BCUT2D eigenvalue weighted by Crippen LogP contribution is 2.29. The van der Waals surface area contributed by atoms with Gasteiger partial charge in [-0.15, -0.1) is 0 Å². The molecule has 2 N–H and O–H groups in total. The van der Waals surface area contributed by atoms with Crippen molar-refractivity contribution in [1.29, 1.82) is 0 Å². The third-order valence-corrected chi connectivity index (χ3v) is 5.55. The quantitative estimate of drug-likeness (QED) is 0.835. The smallest absolute Gasteiger partial charge is 0.248 e. The van der Waals surface area contributed by atoms with Gasteiger partial charge in [-0.1, -0.05) is 18.2 Å². The first-order valence-electron chi connectivity index (χ1n) is 9.52. The molecule has 2 aliphatic rings. The molecule has 0 bridgehead atoms. The third kappa shape index (κ3) is 3.33. The Labute approximate surface area is 153 Å². The first-order valence-corrected chi connectivity index (χ1v) is 9.52. The first kappa shape index (κ1) is 17.1. The fraction of sp³-hybridized carbons (Fsp3) is 0.500. The lowest BCUT2D eigenvalue weighted by Gasteiger charge is -2.36. The fourth-order valence-electron chi connectivity index (χ4n) is 3.70. The molecular formula is C20H26N4O2. The minimum atomic E-state index is -0.613. The number of carbonyl (C=O) groups is 1. The van der Waals surface area contributed by atoms with E-state index in [1.807, 2.05) is 41.2 Å². The number of carbonyl (C=O) groups excluding carboxylic acids is 1. The number of nitrogens with one attached hydrogen (secondary N) is 2. The monoisotopic (exact) mass is 354 g/mol. The Hall–Kier alpha value is -2.34. The summed E-state index contributed by atoms with van der Waals surface area (Å²) in [7, 11) is 0. The van der Waals surface area contributed by atoms with E-state index < -0.39 is 5.54 Å². The van der Waals surface area contributed by atoms with Crippen LogP contribution in [0.5, 0.6) is 5.75 Å². The van der Waals surface area contributed by atoms with Gasteiger partial charge in [-0.05, 0) is 57.3 Å². The molecule has 0 atom stereocenters. The zero-order valence-electron chi connectivity index (χ0n) is 15.0. The molecule has 0 spiro atoms. The highest BCUT2D eigenvalue weighted by Gasteiger charge is 2.41. The van der Waals surface area contributed by atoms with Gasteiger partial charge in [0.25, 0.3) is 0 Å². The summed E-state index contributed by atoms with van der Waals surface area (Å²) < 4.78 is 7.90. The van der Waals surface area contributed by atoms with Crippen LogP contribution in [0.2, 0.25) is 0 Å². The Morgan fingerprint density at radius 1 is 1.27 bits per heavy atom. The van der Waals surface area contributed by atoms with Gasteiger partial charge >= 0.3 is 0 Å². The average molecular weight is 354 g/mol. The lowest BCUT2D eigenvalue weighted by Crippen LogP contribution is -2.54. The third-order valence-electron chi connectivity index (χ3n) is 5.55. The molecule has 1 aromatic carbocycles. The van der Waals surface area contributed by atoms with Crippen molar-refractivity contribution in [3.8, 4) is 5.75 Å². The second-order valence-electron chi connectivity index (χ2n) is 7.19. The van der Waals surface area contributed by atoms with Crippen molar-refractivity contribution in [1.82, 2.24) is 20.4 Å². The van der Waals surface area contributed by atoms with Crippen LogP contribution < -0.4 is 15.4 Å². The Kier molecular flexibility index (Phi) is 4.93. The van der Waals surface area contributed by atoms with Crippen molar-refractivity contribution in [3.05, 3.63) is 48.3 Å². The number of ether oxygens (including phenoxy) is 1. The molecular weight excluding hydrogens is 328 g/mol. The molecule has 2 aromatic rings. The Balaban J connectivity index is 1.47. The molecule has 1 aromatic heterocycles. The van der Waals surface area contributed by atoms with Crippen molar-refractivity contribution in [2.45, 2.75) is 50.3 Å². The number of rotatable bonds is 6. The van der Waals surface area contributed by atoms with Gasteiger partial charge in [0.2, 0.25) is 5.91 Å². The van der Waals surface area contributed by atoms with Gasteiger partial charge in [0.05, 0.1) is 6.10 Å². The first-order chi connectivity index (χ1) is 12.8. The Bertz CT molecular complexity index is 734. The van der Waals surface area contributed by atoms with Gasteiger partial charge in [0, 0.05) is 24.5 Å². The predicted octanol–water partition coefficient (Wildman–Crippen LogP) is 2.21. The van der Waals surface area contributed by atoms with Crippen molar-refractivity contribution in [3.63, 3.8) is 0 Å². The van der Waals surface area contributed by atoms with Crippen molar-refractivity contribution < 1.29 is 9.53 Å². The van der Waals surface area contributed by atoms with E-state index in [0.29, 0.717) is 12.6 Å². The molecule has 1 aliphatic heterocycles. The van der Waals surface area contributed by atoms with Crippen LogP contribution in [0.4, 0.5) is 0 Å². The SMILES string of the molecule is O=C(NCc1ccccc1OC1CCC1)C1(n2cccn2)CCNCC1. The van der Waals surface area contributed by atoms with E-state index in [1.54, 1.807) is 6.20 Å². The minimum Gasteiger partial charge on any atom is -0.490 e. The van der Waals surface area contributed by atoms with Crippen molar-refractivity contribution >= 4 is 5.91 Å². The molecule has 6 nitrogen and oxygen atoms in total. The highest BCUT2D eigenvalue weighted by atomic mass is 16.5. The summed E-state index contributed by atoms with van der Waals surface area (Å²) in [6, 6.07) is 9.87. The van der Waals surface area contributed by atoms with E-state index >= 15 is 0 Å². The normalized spacial score (nSPS) is 19.5. The van der Waals surface area contributed by atoms with Crippen LogP contribution in [0.25, 0.3) is 0 Å². The standard InChI is InChI=1S/C20H26N4O2/c25-19(20(9-12-21-13-10-20)24-14-4-11-23-24)22-15-16-5-1-2-8-18(16)26-17-6-3-7-17/h1-2,4-5,8,11,14,17,21H,3,6-7,9-10,12-13,15H2,(H,22,25). The number of benzene rings is 1. The average Bonchev–Trinajstić information content (AvgIpc) is 3.19. The van der Waals surface area contributed by atoms with E-state index in [0.717, 1.165) is 50.1 Å². The van der Waals surface area contributed by atoms with Gasteiger partial charge in [-0.25, -0.2) is 0 Å². The van der Waals surface area contributed by atoms with Gasteiger partial charge in [0.1, 0.15) is 11.3 Å². The molecule has 4 rings (SSSR count). The molecule has 6 heteroatoms. The Morgan fingerprint density at radius 2 is 2.08 bits per heavy atom. The predicted molar refractivity (Wildman–Crippen MR) is 98.9 cm³/mol. The van der Waals surface area contributed by atoms with Crippen LogP contribution in [-0.4, -0.2) is 34.9 Å². The van der Waals surface area contributed by atoms with Crippen LogP contribution in [0, 0.1) is 0 Å². The number of hydrogen-bond acceptors (Lipinski definition) is 4. The van der Waals surface area contributed by atoms with Gasteiger partial charge in [0.15, 0.2) is 0 Å². The zero-order valence-corrected chi connectivity index (χ0v) is 15.0. The number of piperidine rings is 1. The summed E-state index contributed by atoms with van der Waals surface area (Å²) in [6.07, 6.45) is 8.90. The molecule has 1 aliphatic carbocycles. The summed E-state index contributed by atoms with van der Waals surface area (Å²) in [5, 5.41) is 10.8. The summed E-state index contributed by atoms with van der Waals surface area (Å²) in [4.78, 5) is 13.2. The number of aromatic nitrogens is 2. The second kappa shape index (κ2) is 7.50. The van der Waals surface area contributed by atoms with E-state index in [-0.39, 0.29) is 5.91 Å². The summed E-state index contributed by atoms with van der Waals surface area (Å²) in [6.45, 7) is 2.10. The molecule has 138 valence electrons. The van der Waals surface area contributed by atoms with E-state index in [1.165, 1.54) is 6.42 Å². The molecule has 1 amide bonds. The van der Waals surface area contributed by atoms with Gasteiger partial charge < -0.3 is 15.4 Å². The lowest BCUT2D eigenvalue weighted by atomic mass is 9.87. The Morgan fingerprint density at radius 3 is 2.77 bits per heavy atom. The molecule has 26 heavy (non-hydrogen) atoms. The maximum Gasteiger partial charge on any atom is 0.248 e. The lowest BCUT2D eigenvalue weighted by molar-refractivity contribution is -0.132. The molecule has 1 saturated carbocycles. The summed E-state index contributed by atoms with van der Waals surface area (Å²) in [5.41, 5.74) is 0.413. The van der Waals surface area contributed by atoms with E-state index in [4.69, 9.17) is 4.74 Å². The number of hydrogen-bond donors (Lipinski definition) is 2. The largest absolute Gasteiger partial charge is 0.490 e. The summed E-state index contributed by atoms with van der Waals surface area (Å²) in [5.74, 6) is 0.914. The number of amides is 1. The van der Waals surface area contributed by atoms with Crippen LogP contribution in [0.1, 0.15) is 37.7 Å². The maximum atomic E-state index is 13.2.